The highest BCUT2D eigenvalue weighted by Gasteiger charge is 2.35. The average Bonchev–Trinajstić information content (AvgIpc) is 3.12. The molecular weight excluding hydrogens is 322 g/mol. The smallest absolute Gasteiger partial charge is 0.361 e. The minimum atomic E-state index is -0.820. The van der Waals surface area contributed by atoms with E-state index in [9.17, 15) is 19.9 Å². The van der Waals surface area contributed by atoms with Gasteiger partial charge in [0.2, 0.25) is 0 Å². The molecule has 0 bridgehead atoms. The second-order valence-corrected chi connectivity index (χ2v) is 5.72. The number of hydroxylamine groups is 2. The Balaban J connectivity index is 1.70. The first-order chi connectivity index (χ1) is 12.1. The summed E-state index contributed by atoms with van der Waals surface area (Å²) < 4.78 is 0. The van der Waals surface area contributed by atoms with Gasteiger partial charge in [-0.3, -0.25) is 9.59 Å². The number of nitrogens with zero attached hydrogens (tertiary/aromatic N) is 3. The molecular formula is C18H11N3O4. The quantitative estimate of drug-likeness (QED) is 0.406. The molecule has 4 rings (SSSR count). The van der Waals surface area contributed by atoms with Crippen LogP contribution in [0.5, 0.6) is 0 Å². The van der Waals surface area contributed by atoms with Crippen molar-refractivity contribution < 1.29 is 24.0 Å². The third-order valence-electron chi connectivity index (χ3n) is 4.26. The Bertz CT molecular complexity index is 989. The highest BCUT2D eigenvalue weighted by atomic mass is 16.7. The predicted octanol–water partition coefficient (Wildman–Crippen LogP) is 1.95. The van der Waals surface area contributed by atoms with Gasteiger partial charge in [0.15, 0.2) is 0 Å². The van der Waals surface area contributed by atoms with Crippen LogP contribution in [0.3, 0.4) is 0 Å². The highest BCUT2D eigenvalue weighted by Crippen LogP contribution is 2.36. The Labute approximate surface area is 142 Å². The van der Waals surface area contributed by atoms with Crippen LogP contribution in [0.25, 0.3) is 16.7 Å². The topological polar surface area (TPSA) is 100 Å². The van der Waals surface area contributed by atoms with Gasteiger partial charge < -0.3 is 10.4 Å². The predicted molar refractivity (Wildman–Crippen MR) is 85.2 cm³/mol. The standard InChI is InChI=1S/C18H11N3O4/c19-20-17-13-4-2-1-3-11(13)12-6-5-10(9-14(12)17)18(24)25-21-15(22)7-8-16(21)23/h1-6,9H,7-8H2. The Morgan fingerprint density at radius 3 is 2.28 bits per heavy atom. The second-order valence-electron chi connectivity index (χ2n) is 5.72. The maximum atomic E-state index is 12.3. The van der Waals surface area contributed by atoms with E-state index in [1.54, 1.807) is 12.1 Å². The van der Waals surface area contributed by atoms with Crippen molar-refractivity contribution in [3.05, 3.63) is 64.7 Å². The van der Waals surface area contributed by atoms with Gasteiger partial charge >= 0.3 is 11.7 Å². The molecule has 0 N–H and O–H groups in total. The van der Waals surface area contributed by atoms with E-state index in [2.05, 4.69) is 4.79 Å². The summed E-state index contributed by atoms with van der Waals surface area (Å²) in [6.07, 6.45) is 0.0693. The van der Waals surface area contributed by atoms with E-state index in [4.69, 9.17) is 4.84 Å². The van der Waals surface area contributed by atoms with E-state index in [1.165, 1.54) is 6.07 Å². The molecule has 7 nitrogen and oxygen atoms in total. The first-order valence-electron chi connectivity index (χ1n) is 7.64. The summed E-state index contributed by atoms with van der Waals surface area (Å²) in [4.78, 5) is 43.7. The number of rotatable bonds is 2. The lowest BCUT2D eigenvalue weighted by Crippen LogP contribution is -2.32. The van der Waals surface area contributed by atoms with Gasteiger partial charge in [-0.2, -0.15) is 4.79 Å². The lowest BCUT2D eigenvalue weighted by atomic mass is 10.0. The molecule has 1 aliphatic heterocycles. The molecule has 0 spiro atoms. The zero-order valence-corrected chi connectivity index (χ0v) is 12.9. The van der Waals surface area contributed by atoms with Crippen molar-refractivity contribution in [3.8, 4) is 11.1 Å². The van der Waals surface area contributed by atoms with Gasteiger partial charge in [-0.25, -0.2) is 4.79 Å². The Morgan fingerprint density at radius 2 is 1.60 bits per heavy atom. The van der Waals surface area contributed by atoms with E-state index in [1.807, 2.05) is 24.3 Å². The van der Waals surface area contributed by atoms with Crippen LogP contribution in [0, 0.1) is 0 Å². The minimum absolute atomic E-state index is 0.0347. The Morgan fingerprint density at radius 1 is 0.960 bits per heavy atom. The lowest BCUT2D eigenvalue weighted by Gasteiger charge is -2.12. The van der Waals surface area contributed by atoms with Crippen molar-refractivity contribution in [2.75, 3.05) is 0 Å². The fourth-order valence-electron chi connectivity index (χ4n) is 3.07. The van der Waals surface area contributed by atoms with E-state index in [0.717, 1.165) is 16.7 Å². The third kappa shape index (κ3) is 2.26. The number of imide groups is 1. The molecule has 2 aromatic rings. The number of amides is 2. The monoisotopic (exact) mass is 333 g/mol. The maximum absolute atomic E-state index is 12.3. The number of hydrogen-bond acceptors (Lipinski definition) is 4. The van der Waals surface area contributed by atoms with Crippen molar-refractivity contribution in [1.82, 2.24) is 5.06 Å². The van der Waals surface area contributed by atoms with E-state index in [0.29, 0.717) is 16.3 Å². The van der Waals surface area contributed by atoms with Crippen molar-refractivity contribution in [1.29, 1.82) is 0 Å². The molecule has 2 aromatic carbocycles. The number of fused-ring (bicyclic) bond motifs is 3. The summed E-state index contributed by atoms with van der Waals surface area (Å²) in [7, 11) is 0. The molecule has 1 aliphatic carbocycles. The van der Waals surface area contributed by atoms with Crippen LogP contribution >= 0.6 is 0 Å². The van der Waals surface area contributed by atoms with Crippen LogP contribution in [0.2, 0.25) is 0 Å². The zero-order chi connectivity index (χ0) is 17.6. The summed E-state index contributed by atoms with van der Waals surface area (Å²) in [6.45, 7) is 0. The summed E-state index contributed by atoms with van der Waals surface area (Å²) in [6, 6.07) is 12.2. The van der Waals surface area contributed by atoms with Crippen LogP contribution < -0.4 is 0 Å². The SMILES string of the molecule is [N-]=[N+]=C1c2ccccc2-c2ccc(C(=O)ON3C(=O)CCC3=O)cc21. The molecule has 0 atom stereocenters. The van der Waals surface area contributed by atoms with Gasteiger partial charge in [0.05, 0.1) is 16.7 Å². The molecule has 0 aromatic heterocycles. The number of benzene rings is 2. The molecule has 1 fully saturated rings. The zero-order valence-electron chi connectivity index (χ0n) is 12.9. The van der Waals surface area contributed by atoms with E-state index < -0.39 is 17.8 Å². The fraction of sp³-hybridized carbons (Fsp3) is 0.111. The Kier molecular flexibility index (Phi) is 3.30. The van der Waals surface area contributed by atoms with Gasteiger partial charge in [0.25, 0.3) is 11.8 Å². The largest absolute Gasteiger partial charge is 0.363 e. The third-order valence-corrected chi connectivity index (χ3v) is 4.26. The van der Waals surface area contributed by atoms with Crippen LogP contribution in [-0.2, 0) is 14.4 Å². The molecule has 0 radical (unpaired) electrons. The number of carbonyl (C=O) groups is 3. The highest BCUT2D eigenvalue weighted by molar-refractivity contribution is 6.22. The summed E-state index contributed by atoms with van der Waals surface area (Å²) >= 11 is 0. The first kappa shape index (κ1) is 15.0. The number of hydrogen-bond donors (Lipinski definition) is 0. The molecule has 0 unspecified atom stereocenters. The van der Waals surface area contributed by atoms with Gasteiger partial charge in [-0.1, -0.05) is 24.3 Å². The van der Waals surface area contributed by atoms with Gasteiger partial charge in [-0.05, 0) is 29.3 Å². The molecule has 2 aliphatic rings. The second kappa shape index (κ2) is 5.51. The van der Waals surface area contributed by atoms with Crippen LogP contribution in [0.15, 0.2) is 42.5 Å². The lowest BCUT2D eigenvalue weighted by molar-refractivity contribution is -0.172. The van der Waals surface area contributed by atoms with Crippen molar-refractivity contribution >= 4 is 23.5 Å². The van der Waals surface area contributed by atoms with Gasteiger partial charge in [-0.15, -0.1) is 5.06 Å². The van der Waals surface area contributed by atoms with Gasteiger partial charge in [0.1, 0.15) is 0 Å². The van der Waals surface area contributed by atoms with Crippen molar-refractivity contribution in [2.24, 2.45) is 0 Å². The average molecular weight is 333 g/mol. The Hall–Kier alpha value is -3.57. The molecule has 122 valence electrons. The number of carbonyl (C=O) groups excluding carboxylic acids is 3. The van der Waals surface area contributed by atoms with Crippen LogP contribution in [0.4, 0.5) is 0 Å². The van der Waals surface area contributed by atoms with E-state index in [-0.39, 0.29) is 18.4 Å². The molecule has 0 saturated carbocycles. The van der Waals surface area contributed by atoms with Gasteiger partial charge in [0, 0.05) is 12.8 Å². The summed E-state index contributed by atoms with van der Waals surface area (Å²) in [5.41, 5.74) is 12.9. The minimum Gasteiger partial charge on any atom is -0.361 e. The maximum Gasteiger partial charge on any atom is 0.363 e. The fourth-order valence-corrected chi connectivity index (χ4v) is 3.07. The normalized spacial score (nSPS) is 15.0. The van der Waals surface area contributed by atoms with Crippen molar-refractivity contribution in [2.45, 2.75) is 12.8 Å². The van der Waals surface area contributed by atoms with Crippen molar-refractivity contribution in [3.63, 3.8) is 0 Å². The molecule has 25 heavy (non-hydrogen) atoms. The summed E-state index contributed by atoms with van der Waals surface area (Å²) in [5, 5.41) is 0.505. The molecule has 7 heteroatoms. The summed E-state index contributed by atoms with van der Waals surface area (Å²) in [5.74, 6) is -1.89. The molecule has 1 saturated heterocycles. The van der Waals surface area contributed by atoms with Crippen LogP contribution in [0.1, 0.15) is 34.3 Å². The molecule has 2 amide bonds. The van der Waals surface area contributed by atoms with E-state index >= 15 is 0 Å². The molecule has 1 heterocycles. The van der Waals surface area contributed by atoms with Crippen LogP contribution in [-0.4, -0.2) is 33.3 Å². The first-order valence-corrected chi connectivity index (χ1v) is 7.64.